The highest BCUT2D eigenvalue weighted by atomic mass is 32.2. The molecule has 0 radical (unpaired) electrons. The van der Waals surface area contributed by atoms with Crippen LogP contribution in [0.1, 0.15) is 22.8 Å². The Labute approximate surface area is 130 Å². The lowest BCUT2D eigenvalue weighted by molar-refractivity contribution is 0.0596. The first-order chi connectivity index (χ1) is 10.5. The summed E-state index contributed by atoms with van der Waals surface area (Å²) in [6, 6.07) is 13.1. The molecule has 6 heteroatoms. The van der Waals surface area contributed by atoms with Gasteiger partial charge >= 0.3 is 5.97 Å². The Kier molecular flexibility index (Phi) is 4.82. The molecule has 0 aliphatic heterocycles. The molecule has 0 saturated heterocycles. The first kappa shape index (κ1) is 16.0. The second kappa shape index (κ2) is 6.62. The van der Waals surface area contributed by atoms with Crippen LogP contribution in [0, 0.1) is 0 Å². The van der Waals surface area contributed by atoms with Gasteiger partial charge in [-0.2, -0.15) is 0 Å². The molecule has 2 aromatic carbocycles. The molecule has 116 valence electrons. The van der Waals surface area contributed by atoms with Gasteiger partial charge in [-0.25, -0.2) is 13.2 Å². The lowest BCUT2D eigenvalue weighted by Crippen LogP contribution is -2.17. The molecule has 2 aromatic rings. The maximum atomic E-state index is 12.5. The van der Waals surface area contributed by atoms with E-state index in [9.17, 15) is 13.2 Å². The number of hydrogen-bond donors (Lipinski definition) is 1. The topological polar surface area (TPSA) is 72.5 Å². The van der Waals surface area contributed by atoms with Gasteiger partial charge in [0, 0.05) is 5.69 Å². The molecule has 0 fully saturated rings. The van der Waals surface area contributed by atoms with E-state index in [4.69, 9.17) is 0 Å². The Bertz CT molecular complexity index is 784. The summed E-state index contributed by atoms with van der Waals surface area (Å²) < 4.78 is 32.2. The number of carbonyl (C=O) groups excluding carboxylic acids is 1. The zero-order valence-corrected chi connectivity index (χ0v) is 13.2. The molecule has 1 N–H and O–H groups in total. The summed E-state index contributed by atoms with van der Waals surface area (Å²) in [6.45, 7) is 1.99. The number of sulfonamides is 1. The molecule has 0 aromatic heterocycles. The molecule has 0 bridgehead atoms. The number of ether oxygens (including phenoxy) is 1. The summed E-state index contributed by atoms with van der Waals surface area (Å²) in [6.07, 6.45) is 0.800. The predicted octanol–water partition coefficient (Wildman–Crippen LogP) is 2.84. The van der Waals surface area contributed by atoms with Crippen molar-refractivity contribution in [2.45, 2.75) is 18.2 Å². The van der Waals surface area contributed by atoms with Gasteiger partial charge in [0.1, 0.15) is 4.90 Å². The van der Waals surface area contributed by atoms with Crippen LogP contribution in [0.4, 0.5) is 5.69 Å². The lowest BCUT2D eigenvalue weighted by atomic mass is 10.1. The van der Waals surface area contributed by atoms with Crippen LogP contribution in [-0.4, -0.2) is 21.5 Å². The SMILES string of the molecule is CCc1cccc(NS(=O)(=O)c2ccccc2C(=O)OC)c1. The monoisotopic (exact) mass is 319 g/mol. The molecule has 0 saturated carbocycles. The molecule has 0 amide bonds. The number of anilines is 1. The van der Waals surface area contributed by atoms with Crippen molar-refractivity contribution in [1.29, 1.82) is 0 Å². The molecule has 2 rings (SSSR count). The number of nitrogens with one attached hydrogen (secondary N) is 1. The summed E-state index contributed by atoms with van der Waals surface area (Å²) in [4.78, 5) is 11.6. The third-order valence-corrected chi connectivity index (χ3v) is 4.61. The number of hydrogen-bond acceptors (Lipinski definition) is 4. The molecule has 22 heavy (non-hydrogen) atoms. The highest BCUT2D eigenvalue weighted by molar-refractivity contribution is 7.92. The minimum atomic E-state index is -3.87. The van der Waals surface area contributed by atoms with Crippen LogP contribution in [0.3, 0.4) is 0 Å². The Hall–Kier alpha value is -2.34. The van der Waals surface area contributed by atoms with Gasteiger partial charge in [0.25, 0.3) is 10.0 Å². The molecule has 0 aliphatic carbocycles. The second-order valence-electron chi connectivity index (χ2n) is 4.65. The fourth-order valence-electron chi connectivity index (χ4n) is 2.04. The summed E-state index contributed by atoms with van der Waals surface area (Å²) in [7, 11) is -2.66. The van der Waals surface area contributed by atoms with Gasteiger partial charge in [0.05, 0.1) is 12.7 Å². The van der Waals surface area contributed by atoms with Crippen molar-refractivity contribution in [3.63, 3.8) is 0 Å². The Morgan fingerprint density at radius 1 is 1.14 bits per heavy atom. The fourth-order valence-corrected chi connectivity index (χ4v) is 3.29. The lowest BCUT2D eigenvalue weighted by Gasteiger charge is -2.11. The van der Waals surface area contributed by atoms with Gasteiger partial charge in [-0.1, -0.05) is 31.2 Å². The van der Waals surface area contributed by atoms with E-state index in [1.807, 2.05) is 13.0 Å². The smallest absolute Gasteiger partial charge is 0.339 e. The van der Waals surface area contributed by atoms with Crippen LogP contribution in [0.25, 0.3) is 0 Å². The highest BCUT2D eigenvalue weighted by Gasteiger charge is 2.22. The molecule has 0 atom stereocenters. The van der Waals surface area contributed by atoms with E-state index >= 15 is 0 Å². The van der Waals surface area contributed by atoms with Gasteiger partial charge in [0.15, 0.2) is 0 Å². The predicted molar refractivity (Wildman–Crippen MR) is 84.4 cm³/mol. The Morgan fingerprint density at radius 3 is 2.55 bits per heavy atom. The molecule has 0 heterocycles. The maximum absolute atomic E-state index is 12.5. The third kappa shape index (κ3) is 3.46. The van der Waals surface area contributed by atoms with Crippen molar-refractivity contribution in [2.75, 3.05) is 11.8 Å². The summed E-state index contributed by atoms with van der Waals surface area (Å²) in [5.74, 6) is -0.691. The number of methoxy groups -OCH3 is 1. The van der Waals surface area contributed by atoms with E-state index in [-0.39, 0.29) is 10.5 Å². The number of carbonyl (C=O) groups is 1. The average Bonchev–Trinajstić information content (AvgIpc) is 2.54. The van der Waals surface area contributed by atoms with Crippen molar-refractivity contribution in [3.05, 3.63) is 59.7 Å². The highest BCUT2D eigenvalue weighted by Crippen LogP contribution is 2.21. The van der Waals surface area contributed by atoms with E-state index in [1.54, 1.807) is 30.3 Å². The van der Waals surface area contributed by atoms with E-state index in [0.717, 1.165) is 12.0 Å². The van der Waals surface area contributed by atoms with E-state index in [0.29, 0.717) is 5.69 Å². The average molecular weight is 319 g/mol. The Balaban J connectivity index is 2.41. The zero-order valence-electron chi connectivity index (χ0n) is 12.4. The third-order valence-electron chi connectivity index (χ3n) is 3.17. The van der Waals surface area contributed by atoms with Crippen molar-refractivity contribution in [2.24, 2.45) is 0 Å². The Morgan fingerprint density at radius 2 is 1.86 bits per heavy atom. The molecule has 5 nitrogen and oxygen atoms in total. The van der Waals surface area contributed by atoms with Gasteiger partial charge in [-0.3, -0.25) is 4.72 Å². The van der Waals surface area contributed by atoms with Crippen LogP contribution >= 0.6 is 0 Å². The summed E-state index contributed by atoms with van der Waals surface area (Å²) in [5, 5.41) is 0. The van der Waals surface area contributed by atoms with Gasteiger partial charge in [-0.15, -0.1) is 0 Å². The summed E-state index contributed by atoms with van der Waals surface area (Å²) >= 11 is 0. The van der Waals surface area contributed by atoms with Crippen LogP contribution < -0.4 is 4.72 Å². The van der Waals surface area contributed by atoms with Crippen LogP contribution in [-0.2, 0) is 21.2 Å². The van der Waals surface area contributed by atoms with Crippen molar-refractivity contribution < 1.29 is 17.9 Å². The van der Waals surface area contributed by atoms with Crippen molar-refractivity contribution in [3.8, 4) is 0 Å². The molecule has 0 unspecified atom stereocenters. The van der Waals surface area contributed by atoms with Crippen molar-refractivity contribution >= 4 is 21.7 Å². The largest absolute Gasteiger partial charge is 0.465 e. The molecular formula is C16H17NO4S. The maximum Gasteiger partial charge on any atom is 0.339 e. The normalized spacial score (nSPS) is 11.0. The van der Waals surface area contributed by atoms with E-state index in [2.05, 4.69) is 9.46 Å². The molecule has 0 spiro atoms. The number of esters is 1. The summed E-state index contributed by atoms with van der Waals surface area (Å²) in [5.41, 5.74) is 1.48. The zero-order chi connectivity index (χ0) is 16.2. The molecular weight excluding hydrogens is 302 g/mol. The minimum absolute atomic E-state index is 0.00384. The van der Waals surface area contributed by atoms with Crippen molar-refractivity contribution in [1.82, 2.24) is 0 Å². The van der Waals surface area contributed by atoms with E-state index < -0.39 is 16.0 Å². The number of aryl methyl sites for hydroxylation is 1. The standard InChI is InChI=1S/C16H17NO4S/c1-3-12-7-6-8-13(11-12)17-22(19,20)15-10-5-4-9-14(15)16(18)21-2/h4-11,17H,3H2,1-2H3. The second-order valence-corrected chi connectivity index (χ2v) is 6.30. The number of rotatable bonds is 5. The quantitative estimate of drug-likeness (QED) is 0.860. The van der Waals surface area contributed by atoms with Gasteiger partial charge < -0.3 is 4.74 Å². The van der Waals surface area contributed by atoms with Crippen LogP contribution in [0.2, 0.25) is 0 Å². The minimum Gasteiger partial charge on any atom is -0.465 e. The fraction of sp³-hybridized carbons (Fsp3) is 0.188. The van der Waals surface area contributed by atoms with E-state index in [1.165, 1.54) is 19.2 Å². The van der Waals surface area contributed by atoms with Gasteiger partial charge in [0.2, 0.25) is 0 Å². The first-order valence-corrected chi connectivity index (χ1v) is 8.25. The van der Waals surface area contributed by atoms with Crippen LogP contribution in [0.15, 0.2) is 53.4 Å². The first-order valence-electron chi connectivity index (χ1n) is 6.77. The molecule has 0 aliphatic rings. The number of benzene rings is 2. The van der Waals surface area contributed by atoms with Crippen LogP contribution in [0.5, 0.6) is 0 Å². The van der Waals surface area contributed by atoms with Gasteiger partial charge in [-0.05, 0) is 36.2 Å².